The summed E-state index contributed by atoms with van der Waals surface area (Å²) >= 11 is 3.36. The highest BCUT2D eigenvalue weighted by molar-refractivity contribution is 7.99. The first-order valence-electron chi connectivity index (χ1n) is 10.1. The lowest BCUT2D eigenvalue weighted by molar-refractivity contribution is 0.0986. The number of benzene rings is 2. The number of aryl methyl sites for hydroxylation is 1. The minimum atomic E-state index is 0.0251. The van der Waals surface area contributed by atoms with Crippen molar-refractivity contribution in [1.29, 1.82) is 0 Å². The highest BCUT2D eigenvalue weighted by Gasteiger charge is 2.21. The highest BCUT2D eigenvalue weighted by atomic mass is 32.2. The van der Waals surface area contributed by atoms with Gasteiger partial charge in [-0.1, -0.05) is 37.3 Å². The lowest BCUT2D eigenvalue weighted by Gasteiger charge is -2.21. The van der Waals surface area contributed by atoms with E-state index in [1.807, 2.05) is 23.1 Å². The summed E-state index contributed by atoms with van der Waals surface area (Å²) in [6.07, 6.45) is 1.90. The fourth-order valence-electron chi connectivity index (χ4n) is 3.16. The maximum absolute atomic E-state index is 13.4. The molecule has 0 aliphatic rings. The van der Waals surface area contributed by atoms with Crippen molar-refractivity contribution < 1.29 is 4.79 Å². The molecule has 1 aromatic heterocycles. The van der Waals surface area contributed by atoms with Crippen molar-refractivity contribution in [3.8, 4) is 0 Å². The van der Waals surface area contributed by atoms with E-state index in [2.05, 4.69) is 57.1 Å². The van der Waals surface area contributed by atoms with E-state index in [4.69, 9.17) is 4.98 Å². The van der Waals surface area contributed by atoms with Gasteiger partial charge < -0.3 is 4.90 Å². The third-order valence-corrected chi connectivity index (χ3v) is 6.62. The summed E-state index contributed by atoms with van der Waals surface area (Å²) < 4.78 is 1.14. The number of fused-ring (bicyclic) bond motifs is 1. The number of carbonyl (C=O) groups excluding carboxylic acids is 1. The van der Waals surface area contributed by atoms with E-state index in [9.17, 15) is 4.79 Å². The van der Waals surface area contributed by atoms with Crippen LogP contribution in [0.3, 0.4) is 0 Å². The molecule has 0 radical (unpaired) electrons. The van der Waals surface area contributed by atoms with E-state index in [1.165, 1.54) is 5.56 Å². The number of aromatic nitrogens is 1. The van der Waals surface area contributed by atoms with E-state index >= 15 is 0 Å². The Balaban J connectivity index is 1.93. The van der Waals surface area contributed by atoms with Gasteiger partial charge in [0.15, 0.2) is 5.13 Å². The molecule has 0 N–H and O–H groups in total. The number of nitrogens with zero attached hydrogens (tertiary/aromatic N) is 3. The fourth-order valence-corrected chi connectivity index (χ4v) is 4.93. The van der Waals surface area contributed by atoms with Crippen LogP contribution in [-0.4, -0.2) is 48.7 Å². The summed E-state index contributed by atoms with van der Waals surface area (Å²) in [6, 6.07) is 14.3. The monoisotopic (exact) mass is 427 g/mol. The number of amides is 1. The molecule has 0 saturated heterocycles. The summed E-state index contributed by atoms with van der Waals surface area (Å²) in [4.78, 5) is 23.4. The zero-order chi connectivity index (χ0) is 20.8. The maximum Gasteiger partial charge on any atom is 0.260 e. The molecule has 0 spiro atoms. The Morgan fingerprint density at radius 3 is 2.66 bits per heavy atom. The Kier molecular flexibility index (Phi) is 7.70. The minimum absolute atomic E-state index is 0.0251. The van der Waals surface area contributed by atoms with Gasteiger partial charge in [0.1, 0.15) is 0 Å². The second-order valence-electron chi connectivity index (χ2n) is 7.23. The molecule has 3 aromatic rings. The molecule has 2 aromatic carbocycles. The predicted octanol–water partition coefficient (Wildman–Crippen LogP) is 5.57. The molecule has 154 valence electrons. The van der Waals surface area contributed by atoms with E-state index in [0.29, 0.717) is 6.54 Å². The van der Waals surface area contributed by atoms with Crippen LogP contribution in [0.1, 0.15) is 36.2 Å². The summed E-state index contributed by atoms with van der Waals surface area (Å²) in [6.45, 7) is 5.86. The zero-order valence-electron chi connectivity index (χ0n) is 17.6. The minimum Gasteiger partial charge on any atom is -0.309 e. The number of hydrogen-bond donors (Lipinski definition) is 0. The van der Waals surface area contributed by atoms with E-state index in [0.717, 1.165) is 50.9 Å². The van der Waals surface area contributed by atoms with Gasteiger partial charge in [-0.3, -0.25) is 9.69 Å². The highest BCUT2D eigenvalue weighted by Crippen LogP contribution is 2.31. The summed E-state index contributed by atoms with van der Waals surface area (Å²) in [5.74, 6) is 1.01. The molecule has 0 aliphatic heterocycles. The maximum atomic E-state index is 13.4. The normalized spacial score (nSPS) is 11.3. The van der Waals surface area contributed by atoms with E-state index in [1.54, 1.807) is 23.1 Å². The first kappa shape index (κ1) is 21.8. The van der Waals surface area contributed by atoms with Crippen LogP contribution in [0, 0.1) is 0 Å². The Morgan fingerprint density at radius 2 is 1.93 bits per heavy atom. The van der Waals surface area contributed by atoms with Crippen LogP contribution in [0.15, 0.2) is 47.4 Å². The zero-order valence-corrected chi connectivity index (χ0v) is 19.3. The van der Waals surface area contributed by atoms with Gasteiger partial charge in [-0.2, -0.15) is 0 Å². The van der Waals surface area contributed by atoms with Gasteiger partial charge in [-0.05, 0) is 75.1 Å². The Labute approximate surface area is 181 Å². The number of hydrogen-bond acceptors (Lipinski definition) is 5. The van der Waals surface area contributed by atoms with Crippen molar-refractivity contribution in [2.24, 2.45) is 0 Å². The second-order valence-corrected chi connectivity index (χ2v) is 9.57. The Hall–Kier alpha value is -1.89. The van der Waals surface area contributed by atoms with Crippen LogP contribution in [-0.2, 0) is 6.42 Å². The lowest BCUT2D eigenvalue weighted by Crippen LogP contribution is -2.33. The van der Waals surface area contributed by atoms with Crippen LogP contribution in [0.25, 0.3) is 10.2 Å². The first-order chi connectivity index (χ1) is 14.0. The molecule has 0 fully saturated rings. The topological polar surface area (TPSA) is 36.4 Å². The molecule has 0 atom stereocenters. The van der Waals surface area contributed by atoms with Gasteiger partial charge in [0, 0.05) is 17.0 Å². The molecule has 4 nitrogen and oxygen atoms in total. The number of rotatable bonds is 9. The van der Waals surface area contributed by atoms with Gasteiger partial charge in [0.25, 0.3) is 5.91 Å². The average molecular weight is 428 g/mol. The fraction of sp³-hybridized carbons (Fsp3) is 0.391. The summed E-state index contributed by atoms with van der Waals surface area (Å²) in [7, 11) is 4.11. The van der Waals surface area contributed by atoms with Crippen molar-refractivity contribution >= 4 is 44.4 Å². The molecule has 1 amide bonds. The van der Waals surface area contributed by atoms with Crippen molar-refractivity contribution in [1.82, 2.24) is 9.88 Å². The number of anilines is 1. The van der Waals surface area contributed by atoms with Crippen LogP contribution < -0.4 is 4.90 Å². The van der Waals surface area contributed by atoms with Crippen molar-refractivity contribution in [2.75, 3.05) is 37.8 Å². The predicted molar refractivity (Wildman–Crippen MR) is 127 cm³/mol. The molecule has 0 aliphatic carbocycles. The molecule has 1 heterocycles. The van der Waals surface area contributed by atoms with E-state index in [-0.39, 0.29) is 5.91 Å². The summed E-state index contributed by atoms with van der Waals surface area (Å²) in [5.41, 5.74) is 2.98. The quantitative estimate of drug-likeness (QED) is 0.418. The average Bonchev–Trinajstić information content (AvgIpc) is 3.13. The molecule has 29 heavy (non-hydrogen) atoms. The molecule has 0 saturated carbocycles. The van der Waals surface area contributed by atoms with Gasteiger partial charge in [-0.15, -0.1) is 11.8 Å². The molecular formula is C23H29N3OS2. The van der Waals surface area contributed by atoms with Crippen LogP contribution >= 0.6 is 23.1 Å². The SMILES string of the molecule is CCSc1cccc(C(=O)N(CCCN(C)C)c2nc3ccc(CC)cc3s2)c1. The lowest BCUT2D eigenvalue weighted by atomic mass is 10.2. The number of thioether (sulfide) groups is 1. The largest absolute Gasteiger partial charge is 0.309 e. The summed E-state index contributed by atoms with van der Waals surface area (Å²) in [5, 5.41) is 0.783. The number of thiazole rings is 1. The molecule has 0 unspecified atom stereocenters. The van der Waals surface area contributed by atoms with Gasteiger partial charge in [0.2, 0.25) is 0 Å². The van der Waals surface area contributed by atoms with Crippen molar-refractivity contribution in [3.05, 3.63) is 53.6 Å². The first-order valence-corrected chi connectivity index (χ1v) is 11.9. The van der Waals surface area contributed by atoms with Gasteiger partial charge >= 0.3 is 0 Å². The molecule has 3 rings (SSSR count). The van der Waals surface area contributed by atoms with Gasteiger partial charge in [-0.25, -0.2) is 4.98 Å². The van der Waals surface area contributed by atoms with Crippen LogP contribution in [0.5, 0.6) is 0 Å². The van der Waals surface area contributed by atoms with Crippen LogP contribution in [0.4, 0.5) is 5.13 Å². The third kappa shape index (κ3) is 5.59. The molecule has 6 heteroatoms. The van der Waals surface area contributed by atoms with Crippen LogP contribution in [0.2, 0.25) is 0 Å². The smallest absolute Gasteiger partial charge is 0.260 e. The Morgan fingerprint density at radius 1 is 1.10 bits per heavy atom. The molecular weight excluding hydrogens is 398 g/mol. The third-order valence-electron chi connectivity index (χ3n) is 4.70. The number of carbonyl (C=O) groups is 1. The van der Waals surface area contributed by atoms with E-state index < -0.39 is 0 Å². The Bertz CT molecular complexity index is 968. The standard InChI is InChI=1S/C23H29N3OS2/c1-5-17-11-12-20-21(15-17)29-23(24-20)26(14-8-13-25(3)4)22(27)18-9-7-10-19(16-18)28-6-2/h7,9-12,15-16H,5-6,8,13-14H2,1-4H3. The van der Waals surface area contributed by atoms with Crippen molar-refractivity contribution in [3.63, 3.8) is 0 Å². The van der Waals surface area contributed by atoms with Gasteiger partial charge in [0.05, 0.1) is 10.2 Å². The van der Waals surface area contributed by atoms with Crippen molar-refractivity contribution in [2.45, 2.75) is 31.6 Å². The molecule has 0 bridgehead atoms. The second kappa shape index (κ2) is 10.2.